The third-order valence-electron chi connectivity index (χ3n) is 6.47. The van der Waals surface area contributed by atoms with Gasteiger partial charge in [0.15, 0.2) is 12.1 Å². The van der Waals surface area contributed by atoms with Gasteiger partial charge in [-0.2, -0.15) is 0 Å². The van der Waals surface area contributed by atoms with E-state index in [9.17, 15) is 18.8 Å². The van der Waals surface area contributed by atoms with E-state index in [0.717, 1.165) is 6.42 Å². The molecule has 2 N–H and O–H groups in total. The highest BCUT2D eigenvalue weighted by Crippen LogP contribution is 2.34. The molecule has 198 valence electrons. The van der Waals surface area contributed by atoms with Crippen LogP contribution < -0.4 is 15.4 Å². The van der Waals surface area contributed by atoms with Crippen LogP contribution in [0.3, 0.4) is 0 Å². The van der Waals surface area contributed by atoms with Crippen molar-refractivity contribution in [2.75, 3.05) is 12.4 Å². The van der Waals surface area contributed by atoms with Crippen molar-refractivity contribution in [3.05, 3.63) is 95.3 Å². The first-order valence-corrected chi connectivity index (χ1v) is 12.4. The van der Waals surface area contributed by atoms with E-state index in [1.54, 1.807) is 67.8 Å². The number of anilines is 1. The van der Waals surface area contributed by atoms with Gasteiger partial charge in [-0.1, -0.05) is 31.2 Å². The van der Waals surface area contributed by atoms with Gasteiger partial charge in [0, 0.05) is 17.3 Å². The van der Waals surface area contributed by atoms with Crippen molar-refractivity contribution >= 4 is 23.6 Å². The Hall–Kier alpha value is -4.40. The number of halogens is 1. The van der Waals surface area contributed by atoms with Crippen molar-refractivity contribution in [3.8, 4) is 5.75 Å². The number of nitrogens with zero attached hydrogens (tertiary/aromatic N) is 1. The molecule has 9 heteroatoms. The van der Waals surface area contributed by atoms with E-state index in [1.807, 2.05) is 13.8 Å². The number of ether oxygens (including phenoxy) is 2. The summed E-state index contributed by atoms with van der Waals surface area (Å²) < 4.78 is 24.2. The zero-order valence-electron chi connectivity index (χ0n) is 21.4. The van der Waals surface area contributed by atoms with Gasteiger partial charge < -0.3 is 20.1 Å². The van der Waals surface area contributed by atoms with Gasteiger partial charge in [-0.25, -0.2) is 9.18 Å². The van der Waals surface area contributed by atoms with Gasteiger partial charge >= 0.3 is 6.09 Å². The number of benzene rings is 3. The summed E-state index contributed by atoms with van der Waals surface area (Å²) in [6, 6.07) is 18.3. The normalized spacial score (nSPS) is 17.5. The lowest BCUT2D eigenvalue weighted by Crippen LogP contribution is -2.48. The van der Waals surface area contributed by atoms with Gasteiger partial charge in [0.25, 0.3) is 5.91 Å². The standard InChI is InChI=1S/C29H30FN3O5/c1-4-18(2)31-28(35)25-26(38-29(36)33(25)17-19-5-11-22(30)12-6-19)20-7-13-23(14-8-20)32-27(34)21-9-15-24(37-3)16-10-21/h5-16,18,25-26H,4,17H2,1-3H3,(H,31,35)(H,32,34)/t18-,25-,26-/m0/s1. The van der Waals surface area contributed by atoms with Gasteiger partial charge in [-0.3, -0.25) is 14.5 Å². The molecule has 1 aliphatic rings. The number of amides is 3. The van der Waals surface area contributed by atoms with Crippen LogP contribution in [0.5, 0.6) is 5.75 Å². The van der Waals surface area contributed by atoms with Crippen molar-refractivity contribution in [1.29, 1.82) is 0 Å². The van der Waals surface area contributed by atoms with Crippen LogP contribution >= 0.6 is 0 Å². The van der Waals surface area contributed by atoms with Gasteiger partial charge in [0.2, 0.25) is 5.91 Å². The Morgan fingerprint density at radius 2 is 1.68 bits per heavy atom. The highest BCUT2D eigenvalue weighted by Gasteiger charge is 2.47. The molecule has 0 saturated carbocycles. The van der Waals surface area contributed by atoms with Crippen molar-refractivity contribution < 1.29 is 28.2 Å². The molecule has 4 rings (SSSR count). The monoisotopic (exact) mass is 519 g/mol. The first-order chi connectivity index (χ1) is 18.3. The number of rotatable bonds is 9. The molecule has 0 aliphatic carbocycles. The number of cyclic esters (lactones) is 1. The second-order valence-electron chi connectivity index (χ2n) is 9.13. The Bertz CT molecular complexity index is 1280. The lowest BCUT2D eigenvalue weighted by Gasteiger charge is -2.25. The number of hydrogen-bond acceptors (Lipinski definition) is 5. The minimum absolute atomic E-state index is 0.0875. The molecule has 0 bridgehead atoms. The average molecular weight is 520 g/mol. The van der Waals surface area contributed by atoms with Crippen molar-refractivity contribution in [2.24, 2.45) is 0 Å². The molecule has 1 fully saturated rings. The summed E-state index contributed by atoms with van der Waals surface area (Å²) in [6.45, 7) is 3.92. The predicted molar refractivity (Wildman–Crippen MR) is 140 cm³/mol. The minimum Gasteiger partial charge on any atom is -0.497 e. The van der Waals surface area contributed by atoms with Gasteiger partial charge in [0.1, 0.15) is 11.6 Å². The smallest absolute Gasteiger partial charge is 0.411 e. The molecule has 3 amide bonds. The molecule has 0 aromatic heterocycles. The van der Waals surface area contributed by atoms with Crippen molar-refractivity contribution in [3.63, 3.8) is 0 Å². The maximum Gasteiger partial charge on any atom is 0.411 e. The van der Waals surface area contributed by atoms with E-state index in [2.05, 4.69) is 10.6 Å². The molecule has 1 heterocycles. The minimum atomic E-state index is -0.929. The van der Waals surface area contributed by atoms with E-state index in [4.69, 9.17) is 9.47 Å². The van der Waals surface area contributed by atoms with Crippen molar-refractivity contribution in [1.82, 2.24) is 10.2 Å². The number of carbonyl (C=O) groups excluding carboxylic acids is 3. The van der Waals surface area contributed by atoms with Crippen molar-refractivity contribution in [2.45, 2.75) is 45.0 Å². The quantitative estimate of drug-likeness (QED) is 0.412. The first-order valence-electron chi connectivity index (χ1n) is 12.4. The molecule has 0 unspecified atom stereocenters. The van der Waals surface area contributed by atoms with Crippen LogP contribution in [-0.2, 0) is 16.1 Å². The van der Waals surface area contributed by atoms with Crippen LogP contribution in [0.4, 0.5) is 14.9 Å². The van der Waals surface area contributed by atoms with Crippen LogP contribution in [0.1, 0.15) is 47.9 Å². The number of nitrogens with one attached hydrogen (secondary N) is 2. The van der Waals surface area contributed by atoms with Crippen LogP contribution in [0.25, 0.3) is 0 Å². The summed E-state index contributed by atoms with van der Waals surface area (Å²) in [7, 11) is 1.55. The van der Waals surface area contributed by atoms with Crippen LogP contribution in [0, 0.1) is 5.82 Å². The van der Waals surface area contributed by atoms with Crippen LogP contribution in [0.2, 0.25) is 0 Å². The van der Waals surface area contributed by atoms with Gasteiger partial charge in [0.05, 0.1) is 13.7 Å². The lowest BCUT2D eigenvalue weighted by atomic mass is 10.00. The summed E-state index contributed by atoms with van der Waals surface area (Å²) >= 11 is 0. The Balaban J connectivity index is 1.53. The maximum absolute atomic E-state index is 13.4. The Morgan fingerprint density at radius 3 is 2.29 bits per heavy atom. The number of hydrogen-bond donors (Lipinski definition) is 2. The van der Waals surface area contributed by atoms with Gasteiger partial charge in [-0.05, 0) is 73.0 Å². The molecule has 0 spiro atoms. The Morgan fingerprint density at radius 1 is 1.03 bits per heavy atom. The molecule has 8 nitrogen and oxygen atoms in total. The molecule has 0 radical (unpaired) electrons. The number of methoxy groups -OCH3 is 1. The Kier molecular flexibility index (Phi) is 8.25. The van der Waals surface area contributed by atoms with Crippen LogP contribution in [0.15, 0.2) is 72.8 Å². The third kappa shape index (κ3) is 6.11. The van der Waals surface area contributed by atoms with E-state index in [0.29, 0.717) is 28.1 Å². The van der Waals surface area contributed by atoms with E-state index < -0.39 is 18.2 Å². The molecule has 38 heavy (non-hydrogen) atoms. The van der Waals surface area contributed by atoms with E-state index >= 15 is 0 Å². The number of carbonyl (C=O) groups is 3. The fraction of sp³-hybridized carbons (Fsp3) is 0.276. The van der Waals surface area contributed by atoms with Gasteiger partial charge in [-0.15, -0.1) is 0 Å². The fourth-order valence-corrected chi connectivity index (χ4v) is 4.13. The SMILES string of the molecule is CC[C@H](C)NC(=O)[C@@H]1[C@H](c2ccc(NC(=O)c3ccc(OC)cc3)cc2)OC(=O)N1Cc1ccc(F)cc1. The topological polar surface area (TPSA) is 97.0 Å². The lowest BCUT2D eigenvalue weighted by molar-refractivity contribution is -0.127. The predicted octanol–water partition coefficient (Wildman–Crippen LogP) is 5.06. The Labute approximate surface area is 220 Å². The second-order valence-corrected chi connectivity index (χ2v) is 9.13. The van der Waals surface area contributed by atoms with E-state index in [1.165, 1.54) is 17.0 Å². The van der Waals surface area contributed by atoms with E-state index in [-0.39, 0.29) is 30.2 Å². The summed E-state index contributed by atoms with van der Waals surface area (Å²) in [4.78, 5) is 40.2. The molecule has 1 aliphatic heterocycles. The molecular formula is C29H30FN3O5. The maximum atomic E-state index is 13.4. The summed E-state index contributed by atoms with van der Waals surface area (Å²) in [6.07, 6.45) is -0.780. The zero-order valence-corrected chi connectivity index (χ0v) is 21.4. The fourth-order valence-electron chi connectivity index (χ4n) is 4.13. The molecule has 3 aromatic carbocycles. The molecule has 3 atom stereocenters. The highest BCUT2D eigenvalue weighted by atomic mass is 19.1. The molecule has 1 saturated heterocycles. The summed E-state index contributed by atoms with van der Waals surface area (Å²) in [5.41, 5.74) is 2.29. The molecular weight excluding hydrogens is 489 g/mol. The zero-order chi connectivity index (χ0) is 27.2. The highest BCUT2D eigenvalue weighted by molar-refractivity contribution is 6.04. The van der Waals surface area contributed by atoms with Crippen LogP contribution in [-0.4, -0.2) is 42.0 Å². The third-order valence-corrected chi connectivity index (χ3v) is 6.47. The summed E-state index contributed by atoms with van der Waals surface area (Å²) in [5.74, 6) is -0.364. The second kappa shape index (κ2) is 11.8. The molecule has 3 aromatic rings. The largest absolute Gasteiger partial charge is 0.497 e. The summed E-state index contributed by atoms with van der Waals surface area (Å²) in [5, 5.41) is 5.77. The first kappa shape index (κ1) is 26.7. The average Bonchev–Trinajstić information content (AvgIpc) is 3.25.